The van der Waals surface area contributed by atoms with Crippen molar-refractivity contribution in [3.05, 3.63) is 48.6 Å². The van der Waals surface area contributed by atoms with Crippen molar-refractivity contribution in [2.45, 2.75) is 261 Å². The van der Waals surface area contributed by atoms with Crippen LogP contribution < -0.4 is 0 Å². The Hall–Kier alpha value is -2.05. The molecule has 7 N–H and O–H groups in total. The molecule has 14 nitrogen and oxygen atoms in total. The summed E-state index contributed by atoms with van der Waals surface area (Å²) in [6.07, 6.45) is 33.4. The van der Waals surface area contributed by atoms with Gasteiger partial charge in [-0.3, -0.25) is 4.79 Å². The molecule has 2 aliphatic heterocycles. The van der Waals surface area contributed by atoms with Crippen LogP contribution in [-0.2, 0) is 33.2 Å². The zero-order chi connectivity index (χ0) is 50.2. The number of aliphatic hydroxyl groups excluding tert-OH is 7. The van der Waals surface area contributed by atoms with E-state index in [1.54, 1.807) is 0 Å². The van der Waals surface area contributed by atoms with Gasteiger partial charge in [0.1, 0.15) is 54.9 Å². The van der Waals surface area contributed by atoms with E-state index in [-0.39, 0.29) is 25.6 Å². The Bertz CT molecular complexity index is 1320. The van der Waals surface area contributed by atoms with Gasteiger partial charge in [-0.25, -0.2) is 0 Å². The maximum Gasteiger partial charge on any atom is 0.306 e. The van der Waals surface area contributed by atoms with E-state index in [1.807, 2.05) is 0 Å². The highest BCUT2D eigenvalue weighted by atomic mass is 16.7. The van der Waals surface area contributed by atoms with Crippen molar-refractivity contribution in [1.82, 2.24) is 0 Å². The average Bonchev–Trinajstić information content (AvgIpc) is 3.35. The van der Waals surface area contributed by atoms with Crippen LogP contribution >= 0.6 is 0 Å². The molecule has 0 aromatic rings. The first kappa shape index (κ1) is 63.1. The number of rotatable bonds is 43. The van der Waals surface area contributed by atoms with Gasteiger partial charge in [-0.2, -0.15) is 0 Å². The third-order valence-corrected chi connectivity index (χ3v) is 12.9. The minimum atomic E-state index is -1.70. The minimum Gasteiger partial charge on any atom is -0.457 e. The van der Waals surface area contributed by atoms with Crippen LogP contribution in [0.2, 0.25) is 0 Å². The lowest BCUT2D eigenvalue weighted by Gasteiger charge is -2.42. The van der Waals surface area contributed by atoms with Crippen molar-refractivity contribution in [2.24, 2.45) is 0 Å². The van der Waals surface area contributed by atoms with Gasteiger partial charge in [0.2, 0.25) is 0 Å². The molecule has 0 aromatic heterocycles. The first-order valence-electron chi connectivity index (χ1n) is 27.2. The summed E-state index contributed by atoms with van der Waals surface area (Å²) in [7, 11) is 0. The molecular weight excluding hydrogens is 885 g/mol. The summed E-state index contributed by atoms with van der Waals surface area (Å²) in [5, 5.41) is 72.1. The molecule has 0 aliphatic carbocycles. The Labute approximate surface area is 416 Å². The summed E-state index contributed by atoms with van der Waals surface area (Å²) in [5.41, 5.74) is 0. The monoisotopic (exact) mass is 983 g/mol. The van der Waals surface area contributed by atoms with Gasteiger partial charge in [0, 0.05) is 13.0 Å². The van der Waals surface area contributed by atoms with E-state index in [2.05, 4.69) is 62.5 Å². The molecule has 0 spiro atoms. The third kappa shape index (κ3) is 29.9. The van der Waals surface area contributed by atoms with Gasteiger partial charge in [-0.05, 0) is 51.4 Å². The quantitative estimate of drug-likeness (QED) is 0.0173. The van der Waals surface area contributed by atoms with E-state index < -0.39 is 80.7 Å². The second-order valence-corrected chi connectivity index (χ2v) is 19.0. The number of unbranched alkanes of at least 4 members (excludes halogenated alkanes) is 21. The molecule has 0 saturated carbocycles. The second-order valence-electron chi connectivity index (χ2n) is 19.0. The highest BCUT2D eigenvalue weighted by molar-refractivity contribution is 5.69. The standard InChI is InChI=1S/C55H98O14/c1-3-5-7-9-11-13-14-15-16-17-18-19-20-21-22-23-24-25-26-27-28-29-31-33-35-37-39-64-41-44(67-47(57)38-36-34-32-30-12-10-8-6-4-2)42-65-54-53(63)51(61)49(59)46(69-54)43-66-55-52(62)50(60)48(58)45(40-56)68-55/h5,7,11,13,15-16,18-19,44-46,48-56,58-63H,3-4,6,8-10,12,14,17,20-43H2,1-2H3/b7-5-,13-11-,16-15-,19-18-. The summed E-state index contributed by atoms with van der Waals surface area (Å²) >= 11 is 0. The van der Waals surface area contributed by atoms with E-state index >= 15 is 0 Å². The number of allylic oxidation sites excluding steroid dienone is 8. The molecule has 2 fully saturated rings. The summed E-state index contributed by atoms with van der Waals surface area (Å²) in [6, 6.07) is 0. The van der Waals surface area contributed by atoms with E-state index in [0.717, 1.165) is 64.2 Å². The van der Waals surface area contributed by atoms with Crippen LogP contribution in [0.3, 0.4) is 0 Å². The Kier molecular flexibility index (Phi) is 38.8. The number of hydrogen-bond acceptors (Lipinski definition) is 14. The lowest BCUT2D eigenvalue weighted by atomic mass is 9.98. The fourth-order valence-corrected chi connectivity index (χ4v) is 8.45. The van der Waals surface area contributed by atoms with Crippen LogP contribution in [0, 0.1) is 0 Å². The molecule has 2 rings (SSSR count). The Balaban J connectivity index is 1.65. The van der Waals surface area contributed by atoms with E-state index in [9.17, 15) is 40.5 Å². The van der Waals surface area contributed by atoms with Gasteiger partial charge < -0.3 is 64.2 Å². The lowest BCUT2D eigenvalue weighted by Crippen LogP contribution is -2.61. The summed E-state index contributed by atoms with van der Waals surface area (Å²) in [5.74, 6) is -0.380. The van der Waals surface area contributed by atoms with Crippen molar-refractivity contribution < 1.29 is 69.0 Å². The lowest BCUT2D eigenvalue weighted by molar-refractivity contribution is -0.332. The molecule has 0 amide bonds. The number of carbonyl (C=O) groups excluding carboxylic acids is 1. The van der Waals surface area contributed by atoms with Crippen LogP contribution in [-0.4, -0.2) is 142 Å². The first-order valence-corrected chi connectivity index (χ1v) is 27.2. The Morgan fingerprint density at radius 1 is 0.493 bits per heavy atom. The summed E-state index contributed by atoms with van der Waals surface area (Å²) in [6.45, 7) is 3.55. The predicted molar refractivity (Wildman–Crippen MR) is 270 cm³/mol. The van der Waals surface area contributed by atoms with Crippen LogP contribution in [0.4, 0.5) is 0 Å². The number of aliphatic hydroxyl groups is 7. The fourth-order valence-electron chi connectivity index (χ4n) is 8.45. The normalized spacial score (nSPS) is 26.0. The van der Waals surface area contributed by atoms with Crippen molar-refractivity contribution in [2.75, 3.05) is 33.0 Å². The van der Waals surface area contributed by atoms with Crippen molar-refractivity contribution in [3.63, 3.8) is 0 Å². The molecule has 2 aliphatic rings. The van der Waals surface area contributed by atoms with Crippen molar-refractivity contribution in [1.29, 1.82) is 0 Å². The zero-order valence-electron chi connectivity index (χ0n) is 42.8. The smallest absolute Gasteiger partial charge is 0.306 e. The molecule has 0 radical (unpaired) electrons. The predicted octanol–water partition coefficient (Wildman–Crippen LogP) is 8.74. The molecule has 0 aromatic carbocycles. The minimum absolute atomic E-state index is 0.0619. The average molecular weight is 983 g/mol. The van der Waals surface area contributed by atoms with E-state index in [4.69, 9.17) is 28.4 Å². The summed E-state index contributed by atoms with van der Waals surface area (Å²) in [4.78, 5) is 12.9. The molecule has 2 saturated heterocycles. The van der Waals surface area contributed by atoms with Crippen LogP contribution in [0.1, 0.15) is 194 Å². The molecule has 69 heavy (non-hydrogen) atoms. The topological polar surface area (TPSA) is 214 Å². The number of esters is 1. The molecule has 11 atom stereocenters. The van der Waals surface area contributed by atoms with Gasteiger partial charge in [-0.15, -0.1) is 0 Å². The summed E-state index contributed by atoms with van der Waals surface area (Å²) < 4.78 is 34.2. The molecular formula is C55H98O14. The van der Waals surface area contributed by atoms with Crippen LogP contribution in [0.25, 0.3) is 0 Å². The zero-order valence-corrected chi connectivity index (χ0v) is 42.8. The maximum absolute atomic E-state index is 12.9. The van der Waals surface area contributed by atoms with Crippen LogP contribution in [0.5, 0.6) is 0 Å². The molecule has 14 heteroatoms. The molecule has 0 bridgehead atoms. The number of carbonyl (C=O) groups is 1. The highest BCUT2D eigenvalue weighted by Gasteiger charge is 2.47. The molecule has 2 heterocycles. The number of ether oxygens (including phenoxy) is 6. The Morgan fingerprint density at radius 2 is 0.942 bits per heavy atom. The fraction of sp³-hybridized carbons (Fsp3) is 0.836. The molecule has 11 unspecified atom stereocenters. The van der Waals surface area contributed by atoms with Crippen LogP contribution in [0.15, 0.2) is 48.6 Å². The Morgan fingerprint density at radius 3 is 1.48 bits per heavy atom. The van der Waals surface area contributed by atoms with E-state index in [1.165, 1.54) is 103 Å². The molecule has 402 valence electrons. The second kappa shape index (κ2) is 42.5. The van der Waals surface area contributed by atoms with Crippen molar-refractivity contribution in [3.8, 4) is 0 Å². The van der Waals surface area contributed by atoms with Gasteiger partial charge in [-0.1, -0.05) is 184 Å². The van der Waals surface area contributed by atoms with Gasteiger partial charge in [0.25, 0.3) is 0 Å². The number of hydrogen-bond donors (Lipinski definition) is 7. The van der Waals surface area contributed by atoms with Crippen molar-refractivity contribution >= 4 is 5.97 Å². The maximum atomic E-state index is 12.9. The highest BCUT2D eigenvalue weighted by Crippen LogP contribution is 2.26. The largest absolute Gasteiger partial charge is 0.457 e. The van der Waals surface area contributed by atoms with Gasteiger partial charge in [0.15, 0.2) is 12.6 Å². The third-order valence-electron chi connectivity index (χ3n) is 12.9. The van der Waals surface area contributed by atoms with Gasteiger partial charge in [0.05, 0.1) is 26.4 Å². The van der Waals surface area contributed by atoms with E-state index in [0.29, 0.717) is 13.0 Å². The van der Waals surface area contributed by atoms with Gasteiger partial charge >= 0.3 is 5.97 Å². The SMILES string of the molecule is CC/C=C\C/C=C\C/C=C\C/C=C\CCCCCCCCCCCCCCCOCC(COC1OC(COC2OC(CO)C(O)C(O)C2O)C(O)C(O)C1O)OC(=O)CCCCCCCCCCC. The first-order chi connectivity index (χ1) is 33.6.